The zero-order valence-corrected chi connectivity index (χ0v) is 9.11. The van der Waals surface area contributed by atoms with Crippen LogP contribution in [0, 0.1) is 11.3 Å². The molecule has 2 fully saturated rings. The van der Waals surface area contributed by atoms with Crippen molar-refractivity contribution in [2.75, 3.05) is 0 Å². The lowest BCUT2D eigenvalue weighted by Crippen LogP contribution is -2.40. The molecule has 0 aromatic carbocycles. The highest BCUT2D eigenvalue weighted by atomic mass is 16.5. The zero-order chi connectivity index (χ0) is 10.7. The van der Waals surface area contributed by atoms with Crippen molar-refractivity contribution >= 4 is 0 Å². The number of rotatable bonds is 4. The quantitative estimate of drug-likeness (QED) is 0.722. The van der Waals surface area contributed by atoms with Crippen molar-refractivity contribution in [3.63, 3.8) is 0 Å². The molecule has 15 heavy (non-hydrogen) atoms. The number of aliphatic hydroxyl groups is 1. The summed E-state index contributed by atoms with van der Waals surface area (Å²) < 4.78 is 5.71. The monoisotopic (exact) mass is 209 g/mol. The predicted octanol–water partition coefficient (Wildman–Crippen LogP) is 2.14. The van der Waals surface area contributed by atoms with Gasteiger partial charge in [0.2, 0.25) is 0 Å². The number of unbranched alkanes of at least 4 members (excludes halogenated alkanes) is 2. The second-order valence-electron chi connectivity index (χ2n) is 4.96. The fourth-order valence-corrected chi connectivity index (χ4v) is 2.87. The molecule has 2 atom stereocenters. The molecule has 0 aromatic heterocycles. The minimum atomic E-state index is -0.500. The maximum Gasteiger partial charge on any atom is 0.0697 e. The Hall–Kier alpha value is -0.590. The second-order valence-corrected chi connectivity index (χ2v) is 4.96. The molecule has 84 valence electrons. The van der Waals surface area contributed by atoms with E-state index >= 15 is 0 Å². The summed E-state index contributed by atoms with van der Waals surface area (Å²) in [5.41, 5.74) is -0.500. The first-order chi connectivity index (χ1) is 7.22. The Morgan fingerprint density at radius 1 is 1.27 bits per heavy atom. The fourth-order valence-electron chi connectivity index (χ4n) is 2.87. The fraction of sp³-hybridized carbons (Fsp3) is 0.917. The Balaban J connectivity index is 1.78. The number of nitrogens with zero attached hydrogens (tertiary/aromatic N) is 1. The van der Waals surface area contributed by atoms with Crippen LogP contribution >= 0.6 is 0 Å². The smallest absolute Gasteiger partial charge is 0.0697 e. The molecule has 3 nitrogen and oxygen atoms in total. The largest absolute Gasteiger partial charge is 0.390 e. The molecule has 0 spiro atoms. The molecule has 2 aliphatic heterocycles. The third-order valence-electron chi connectivity index (χ3n) is 3.59. The summed E-state index contributed by atoms with van der Waals surface area (Å²) >= 11 is 0. The molecular formula is C12H19NO2. The minimum Gasteiger partial charge on any atom is -0.390 e. The summed E-state index contributed by atoms with van der Waals surface area (Å²) in [4.78, 5) is 0. The Morgan fingerprint density at radius 3 is 2.53 bits per heavy atom. The molecule has 0 radical (unpaired) electrons. The SMILES string of the molecule is N#CCCCCC1(O)CC2CCC(C1)O2. The molecule has 2 aliphatic rings. The van der Waals surface area contributed by atoms with Crippen LogP contribution in [0.25, 0.3) is 0 Å². The maximum atomic E-state index is 10.4. The molecule has 0 aliphatic carbocycles. The van der Waals surface area contributed by atoms with Gasteiger partial charge in [0.25, 0.3) is 0 Å². The summed E-state index contributed by atoms with van der Waals surface area (Å²) in [6.45, 7) is 0. The van der Waals surface area contributed by atoms with E-state index in [0.29, 0.717) is 18.6 Å². The van der Waals surface area contributed by atoms with Crippen molar-refractivity contribution in [1.82, 2.24) is 0 Å². The van der Waals surface area contributed by atoms with E-state index in [1.54, 1.807) is 0 Å². The molecular weight excluding hydrogens is 190 g/mol. The molecule has 2 saturated heterocycles. The van der Waals surface area contributed by atoms with Gasteiger partial charge in [0, 0.05) is 19.3 Å². The van der Waals surface area contributed by atoms with Crippen LogP contribution in [-0.4, -0.2) is 22.9 Å². The van der Waals surface area contributed by atoms with Gasteiger partial charge in [-0.05, 0) is 32.1 Å². The van der Waals surface area contributed by atoms with Crippen LogP contribution in [0.5, 0.6) is 0 Å². The zero-order valence-electron chi connectivity index (χ0n) is 9.11. The van der Waals surface area contributed by atoms with Crippen LogP contribution in [0.1, 0.15) is 51.4 Å². The van der Waals surface area contributed by atoms with Crippen molar-refractivity contribution in [3.05, 3.63) is 0 Å². The number of hydrogen-bond acceptors (Lipinski definition) is 3. The Kier molecular flexibility index (Phi) is 3.28. The molecule has 2 unspecified atom stereocenters. The van der Waals surface area contributed by atoms with Crippen LogP contribution in [0.2, 0.25) is 0 Å². The van der Waals surface area contributed by atoms with Gasteiger partial charge < -0.3 is 9.84 Å². The lowest BCUT2D eigenvalue weighted by atomic mass is 9.85. The Bertz CT molecular complexity index is 247. The van der Waals surface area contributed by atoms with E-state index in [1.165, 1.54) is 0 Å². The van der Waals surface area contributed by atoms with E-state index in [2.05, 4.69) is 6.07 Å². The van der Waals surface area contributed by atoms with E-state index < -0.39 is 5.60 Å². The van der Waals surface area contributed by atoms with Crippen molar-refractivity contribution in [1.29, 1.82) is 5.26 Å². The van der Waals surface area contributed by atoms with Gasteiger partial charge in [-0.2, -0.15) is 5.26 Å². The summed E-state index contributed by atoms with van der Waals surface area (Å²) in [5, 5.41) is 18.8. The third kappa shape index (κ3) is 2.70. The number of hydrogen-bond donors (Lipinski definition) is 1. The normalized spacial score (nSPS) is 38.9. The first kappa shape index (κ1) is 10.9. The molecule has 2 heterocycles. The van der Waals surface area contributed by atoms with Gasteiger partial charge in [0.1, 0.15) is 0 Å². The predicted molar refractivity (Wildman–Crippen MR) is 56.2 cm³/mol. The van der Waals surface area contributed by atoms with Gasteiger partial charge >= 0.3 is 0 Å². The molecule has 0 amide bonds. The number of ether oxygens (including phenoxy) is 1. The van der Waals surface area contributed by atoms with Gasteiger partial charge in [0.15, 0.2) is 0 Å². The van der Waals surface area contributed by atoms with Gasteiger partial charge in [0.05, 0.1) is 23.9 Å². The highest BCUT2D eigenvalue weighted by molar-refractivity contribution is 4.94. The summed E-state index contributed by atoms with van der Waals surface area (Å²) in [7, 11) is 0. The van der Waals surface area contributed by atoms with Crippen LogP contribution in [0.4, 0.5) is 0 Å². The van der Waals surface area contributed by atoms with Crippen molar-refractivity contribution in [2.24, 2.45) is 0 Å². The van der Waals surface area contributed by atoms with Gasteiger partial charge in [-0.1, -0.05) is 0 Å². The van der Waals surface area contributed by atoms with E-state index in [-0.39, 0.29) is 0 Å². The van der Waals surface area contributed by atoms with Gasteiger partial charge in [-0.15, -0.1) is 0 Å². The van der Waals surface area contributed by atoms with E-state index in [9.17, 15) is 5.11 Å². The second kappa shape index (κ2) is 4.51. The van der Waals surface area contributed by atoms with E-state index in [4.69, 9.17) is 10.00 Å². The Morgan fingerprint density at radius 2 is 1.93 bits per heavy atom. The topological polar surface area (TPSA) is 53.2 Å². The van der Waals surface area contributed by atoms with Crippen molar-refractivity contribution in [2.45, 2.75) is 69.2 Å². The van der Waals surface area contributed by atoms with E-state index in [0.717, 1.165) is 44.9 Å². The van der Waals surface area contributed by atoms with Gasteiger partial charge in [-0.25, -0.2) is 0 Å². The highest BCUT2D eigenvalue weighted by Crippen LogP contribution is 2.40. The molecule has 2 bridgehead atoms. The lowest BCUT2D eigenvalue weighted by molar-refractivity contribution is -0.115. The minimum absolute atomic E-state index is 0.296. The molecule has 2 rings (SSSR count). The number of nitriles is 1. The molecule has 0 aromatic rings. The summed E-state index contributed by atoms with van der Waals surface area (Å²) in [5.74, 6) is 0. The first-order valence-electron chi connectivity index (χ1n) is 5.97. The first-order valence-corrected chi connectivity index (χ1v) is 5.97. The Labute approximate surface area is 91.0 Å². The van der Waals surface area contributed by atoms with E-state index in [1.807, 2.05) is 0 Å². The van der Waals surface area contributed by atoms with Crippen molar-refractivity contribution < 1.29 is 9.84 Å². The molecule has 1 N–H and O–H groups in total. The third-order valence-corrected chi connectivity index (χ3v) is 3.59. The standard InChI is InChI=1S/C12H19NO2/c13-7-3-1-2-6-12(14)8-10-4-5-11(9-12)15-10/h10-11,14H,1-6,8-9H2. The highest BCUT2D eigenvalue weighted by Gasteiger charge is 2.42. The average molecular weight is 209 g/mol. The van der Waals surface area contributed by atoms with Crippen LogP contribution < -0.4 is 0 Å². The van der Waals surface area contributed by atoms with Crippen LogP contribution in [-0.2, 0) is 4.74 Å². The van der Waals surface area contributed by atoms with Crippen LogP contribution in [0.15, 0.2) is 0 Å². The van der Waals surface area contributed by atoms with Gasteiger partial charge in [-0.3, -0.25) is 0 Å². The summed E-state index contributed by atoms with van der Waals surface area (Å²) in [6, 6.07) is 2.14. The average Bonchev–Trinajstić information content (AvgIpc) is 2.54. The summed E-state index contributed by atoms with van der Waals surface area (Å²) in [6.07, 6.45) is 7.75. The number of fused-ring (bicyclic) bond motifs is 2. The lowest BCUT2D eigenvalue weighted by Gasteiger charge is -2.36. The molecule has 3 heteroatoms. The van der Waals surface area contributed by atoms with Crippen LogP contribution in [0.3, 0.4) is 0 Å². The maximum absolute atomic E-state index is 10.4. The molecule has 0 saturated carbocycles. The van der Waals surface area contributed by atoms with Crippen molar-refractivity contribution in [3.8, 4) is 6.07 Å².